The predicted molar refractivity (Wildman–Crippen MR) is 214 cm³/mol. The van der Waals surface area contributed by atoms with Crippen LogP contribution in [0, 0.1) is 11.3 Å². The molecule has 0 fully saturated rings. The van der Waals surface area contributed by atoms with Gasteiger partial charge in [0.25, 0.3) is 0 Å². The molecule has 242 valence electrons. The Morgan fingerprint density at radius 1 is 0.442 bits per heavy atom. The molecule has 7 aromatic carbocycles. The minimum absolute atomic E-state index is 0.586. The summed E-state index contributed by atoms with van der Waals surface area (Å²) >= 11 is 1.83. The number of hydrogen-bond donors (Lipinski definition) is 0. The second kappa shape index (κ2) is 12.1. The number of nitrogens with zero attached hydrogens (tertiary/aromatic N) is 5. The van der Waals surface area contributed by atoms with E-state index in [1.165, 1.54) is 30.9 Å². The summed E-state index contributed by atoms with van der Waals surface area (Å²) in [5.74, 6) is 1.81. The molecule has 3 heterocycles. The van der Waals surface area contributed by atoms with Crippen LogP contribution in [-0.4, -0.2) is 19.5 Å². The first-order valence-electron chi connectivity index (χ1n) is 17.1. The van der Waals surface area contributed by atoms with Gasteiger partial charge in [0.15, 0.2) is 17.5 Å². The number of para-hydroxylation sites is 1. The average Bonchev–Trinajstić information content (AvgIpc) is 3.75. The molecule has 0 spiro atoms. The van der Waals surface area contributed by atoms with Gasteiger partial charge in [-0.3, -0.25) is 0 Å². The summed E-state index contributed by atoms with van der Waals surface area (Å²) in [5.41, 5.74) is 8.61. The zero-order valence-corrected chi connectivity index (χ0v) is 28.5. The van der Waals surface area contributed by atoms with Crippen molar-refractivity contribution in [3.8, 4) is 57.0 Å². The minimum Gasteiger partial charge on any atom is -0.309 e. The molecule has 52 heavy (non-hydrogen) atoms. The van der Waals surface area contributed by atoms with E-state index < -0.39 is 0 Å². The molecule has 0 aliphatic heterocycles. The van der Waals surface area contributed by atoms with Crippen LogP contribution in [0.2, 0.25) is 0 Å². The molecule has 0 aliphatic rings. The predicted octanol–water partition coefficient (Wildman–Crippen LogP) is 11.9. The number of aromatic nitrogens is 4. The van der Waals surface area contributed by atoms with E-state index in [0.29, 0.717) is 23.0 Å². The molecule has 3 aromatic heterocycles. The van der Waals surface area contributed by atoms with Crippen molar-refractivity contribution in [2.24, 2.45) is 0 Å². The summed E-state index contributed by atoms with van der Waals surface area (Å²) in [5, 5.41) is 14.6. The lowest BCUT2D eigenvalue weighted by Gasteiger charge is -2.16. The van der Waals surface area contributed by atoms with Gasteiger partial charge in [-0.25, -0.2) is 15.0 Å². The Morgan fingerprint density at radius 2 is 1.04 bits per heavy atom. The second-order valence-electron chi connectivity index (χ2n) is 12.8. The summed E-state index contributed by atoms with van der Waals surface area (Å²) < 4.78 is 4.91. The van der Waals surface area contributed by atoms with Crippen molar-refractivity contribution in [1.29, 1.82) is 5.26 Å². The topological polar surface area (TPSA) is 67.4 Å². The van der Waals surface area contributed by atoms with Crippen molar-refractivity contribution < 1.29 is 0 Å². The molecule has 0 atom stereocenters. The van der Waals surface area contributed by atoms with Crippen molar-refractivity contribution in [2.75, 3.05) is 0 Å². The van der Waals surface area contributed by atoms with E-state index in [4.69, 9.17) is 15.0 Å². The van der Waals surface area contributed by atoms with Gasteiger partial charge in [-0.1, -0.05) is 109 Å². The molecule has 0 bridgehead atoms. The summed E-state index contributed by atoms with van der Waals surface area (Å²) in [7, 11) is 0. The van der Waals surface area contributed by atoms with Crippen LogP contribution >= 0.6 is 11.3 Å². The molecule has 0 radical (unpaired) electrons. The fourth-order valence-electron chi connectivity index (χ4n) is 7.21. The van der Waals surface area contributed by atoms with E-state index in [1.807, 2.05) is 96.3 Å². The van der Waals surface area contributed by atoms with Crippen molar-refractivity contribution in [3.63, 3.8) is 0 Å². The molecule has 0 aliphatic carbocycles. The SMILES string of the molecule is N#Cc1ccc(-c2cc(-c3nc(-c4ccccc4)nc(-c4ccccc4)n3)ccc2-n2c3ccccc3c3cc4c(cc32)sc2ccccc24)cc1. The molecule has 10 aromatic rings. The van der Waals surface area contributed by atoms with Crippen LogP contribution in [-0.2, 0) is 0 Å². The Bertz CT molecular complexity index is 2950. The van der Waals surface area contributed by atoms with Crippen LogP contribution in [0.3, 0.4) is 0 Å². The van der Waals surface area contributed by atoms with E-state index >= 15 is 0 Å². The Kier molecular flexibility index (Phi) is 6.98. The van der Waals surface area contributed by atoms with Crippen molar-refractivity contribution in [2.45, 2.75) is 0 Å². The van der Waals surface area contributed by atoms with E-state index in [1.54, 1.807) is 0 Å². The molecular weight excluding hydrogens is 655 g/mol. The molecule has 5 nitrogen and oxygen atoms in total. The first-order valence-corrected chi connectivity index (χ1v) is 17.9. The van der Waals surface area contributed by atoms with Crippen LogP contribution in [0.5, 0.6) is 0 Å². The van der Waals surface area contributed by atoms with Gasteiger partial charge >= 0.3 is 0 Å². The Hall–Kier alpha value is -6.94. The van der Waals surface area contributed by atoms with Crippen LogP contribution in [0.25, 0.3) is 93.0 Å². The van der Waals surface area contributed by atoms with Crippen LogP contribution in [0.1, 0.15) is 5.56 Å². The summed E-state index contributed by atoms with van der Waals surface area (Å²) in [6, 6.07) is 58.6. The van der Waals surface area contributed by atoms with Crippen molar-refractivity contribution in [1.82, 2.24) is 19.5 Å². The molecule has 10 rings (SSSR count). The minimum atomic E-state index is 0.586. The second-order valence-corrected chi connectivity index (χ2v) is 13.9. The third-order valence-electron chi connectivity index (χ3n) is 9.69. The zero-order valence-electron chi connectivity index (χ0n) is 27.7. The van der Waals surface area contributed by atoms with Gasteiger partial charge in [0, 0.05) is 53.2 Å². The van der Waals surface area contributed by atoms with Gasteiger partial charge in [0.05, 0.1) is 28.4 Å². The van der Waals surface area contributed by atoms with E-state index in [-0.39, 0.29) is 0 Å². The van der Waals surface area contributed by atoms with Gasteiger partial charge in [0.2, 0.25) is 0 Å². The molecule has 6 heteroatoms. The van der Waals surface area contributed by atoms with Crippen LogP contribution in [0.15, 0.2) is 164 Å². The van der Waals surface area contributed by atoms with Gasteiger partial charge in [0.1, 0.15) is 0 Å². The largest absolute Gasteiger partial charge is 0.309 e. The number of benzene rings is 7. The Labute approximate surface area is 303 Å². The van der Waals surface area contributed by atoms with Crippen LogP contribution in [0.4, 0.5) is 0 Å². The van der Waals surface area contributed by atoms with Crippen molar-refractivity contribution >= 4 is 53.3 Å². The molecular formula is C46H27N5S. The summed E-state index contributed by atoms with van der Waals surface area (Å²) in [6.45, 7) is 0. The maximum absolute atomic E-state index is 9.64. The lowest BCUT2D eigenvalue weighted by atomic mass is 9.99. The smallest absolute Gasteiger partial charge is 0.164 e. The van der Waals surface area contributed by atoms with Crippen LogP contribution < -0.4 is 0 Å². The van der Waals surface area contributed by atoms with Gasteiger partial charge in [-0.05, 0) is 60.2 Å². The summed E-state index contributed by atoms with van der Waals surface area (Å²) in [6.07, 6.45) is 0. The third-order valence-corrected chi connectivity index (χ3v) is 10.8. The maximum Gasteiger partial charge on any atom is 0.164 e. The lowest BCUT2D eigenvalue weighted by molar-refractivity contribution is 1.07. The molecule has 0 saturated heterocycles. The van der Waals surface area contributed by atoms with Crippen molar-refractivity contribution in [3.05, 3.63) is 169 Å². The summed E-state index contributed by atoms with van der Waals surface area (Å²) in [4.78, 5) is 15.0. The zero-order chi connectivity index (χ0) is 34.6. The fourth-order valence-corrected chi connectivity index (χ4v) is 8.33. The maximum atomic E-state index is 9.64. The highest BCUT2D eigenvalue weighted by atomic mass is 32.1. The average molecular weight is 682 g/mol. The number of nitriles is 1. The Morgan fingerprint density at radius 3 is 1.73 bits per heavy atom. The van der Waals surface area contributed by atoms with E-state index in [9.17, 15) is 5.26 Å². The number of rotatable bonds is 5. The van der Waals surface area contributed by atoms with E-state index in [2.05, 4.69) is 89.5 Å². The molecule has 0 saturated carbocycles. The van der Waals surface area contributed by atoms with Gasteiger partial charge in [-0.15, -0.1) is 11.3 Å². The Balaban J connectivity index is 1.24. The molecule has 0 N–H and O–H groups in total. The first kappa shape index (κ1) is 29.9. The van der Waals surface area contributed by atoms with Gasteiger partial charge in [-0.2, -0.15) is 5.26 Å². The number of thiophene rings is 1. The normalized spacial score (nSPS) is 11.4. The quantitative estimate of drug-likeness (QED) is 0.181. The highest BCUT2D eigenvalue weighted by molar-refractivity contribution is 7.25. The highest BCUT2D eigenvalue weighted by Crippen LogP contribution is 2.42. The van der Waals surface area contributed by atoms with E-state index in [0.717, 1.165) is 44.5 Å². The molecule has 0 unspecified atom stereocenters. The monoisotopic (exact) mass is 681 g/mol. The standard InChI is InChI=1S/C46H27N5S/c47-28-29-19-21-30(22-20-29)36-25-33(46-49-44(31-11-3-1-4-12-31)48-45(50-46)32-13-5-2-6-14-32)23-24-40(36)51-39-17-9-7-15-34(39)37-26-38-35-16-8-10-18-42(35)52-43(38)27-41(37)51/h1-27H. The molecule has 0 amide bonds. The number of fused-ring (bicyclic) bond motifs is 6. The highest BCUT2D eigenvalue weighted by Gasteiger charge is 2.20. The third kappa shape index (κ3) is 4.95. The van der Waals surface area contributed by atoms with Gasteiger partial charge < -0.3 is 4.57 Å². The number of hydrogen-bond acceptors (Lipinski definition) is 5. The lowest BCUT2D eigenvalue weighted by Crippen LogP contribution is -2.02. The first-order chi connectivity index (χ1) is 25.7. The fraction of sp³-hybridized carbons (Fsp3) is 0.